The maximum atomic E-state index is 13.1. The number of rotatable bonds is 4. The quantitative estimate of drug-likeness (QED) is 0.718. The molecule has 1 N–H and O–H groups in total. The number of nitrogens with one attached hydrogen (secondary N) is 1. The predicted octanol–water partition coefficient (Wildman–Crippen LogP) is 3.40. The highest BCUT2D eigenvalue weighted by atomic mass is 35.5. The molecular formula is C18H15ClFN3O3S. The predicted molar refractivity (Wildman–Crippen MR) is 99.1 cm³/mol. The molecule has 0 unspecified atom stereocenters. The minimum Gasteiger partial charge on any atom is -0.268 e. The number of sulfonamides is 1. The van der Waals surface area contributed by atoms with E-state index in [1.54, 1.807) is 12.1 Å². The molecule has 0 saturated heterocycles. The van der Waals surface area contributed by atoms with E-state index < -0.39 is 21.7 Å². The Morgan fingerprint density at radius 1 is 1.07 bits per heavy atom. The maximum absolute atomic E-state index is 13.1. The molecule has 27 heavy (non-hydrogen) atoms. The number of hydrogen-bond donors (Lipinski definition) is 1. The Hall–Kier alpha value is -2.71. The molecule has 0 bridgehead atoms. The minimum absolute atomic E-state index is 0.0406. The van der Waals surface area contributed by atoms with Gasteiger partial charge in [-0.3, -0.25) is 4.79 Å². The maximum Gasteiger partial charge on any atom is 0.270 e. The summed E-state index contributed by atoms with van der Waals surface area (Å²) in [4.78, 5) is 12.5. The highest BCUT2D eigenvalue weighted by Gasteiger charge is 2.25. The van der Waals surface area contributed by atoms with Crippen LogP contribution < -0.4 is 4.72 Å². The summed E-state index contributed by atoms with van der Waals surface area (Å²) in [6, 6.07) is 11.4. The largest absolute Gasteiger partial charge is 0.270 e. The summed E-state index contributed by atoms with van der Waals surface area (Å²) in [6.45, 7) is 3.35. The SMILES string of the molecule is Cc1ccc(S(=O)(=O)NC(=O)c2c(C)nn(-c3ccc(F)cc3)c2Cl)cc1. The second kappa shape index (κ2) is 7.13. The Bertz CT molecular complexity index is 1110. The zero-order chi connectivity index (χ0) is 19.8. The third-order valence-corrected chi connectivity index (χ3v) is 5.56. The summed E-state index contributed by atoms with van der Waals surface area (Å²) >= 11 is 6.25. The van der Waals surface area contributed by atoms with Gasteiger partial charge in [-0.25, -0.2) is 22.2 Å². The van der Waals surface area contributed by atoms with E-state index in [0.717, 1.165) is 5.56 Å². The molecule has 140 valence electrons. The van der Waals surface area contributed by atoms with Gasteiger partial charge < -0.3 is 0 Å². The number of benzene rings is 2. The van der Waals surface area contributed by atoms with Crippen LogP contribution in [0.25, 0.3) is 5.69 Å². The number of aryl methyl sites for hydroxylation is 2. The lowest BCUT2D eigenvalue weighted by atomic mass is 10.2. The van der Waals surface area contributed by atoms with Gasteiger partial charge in [-0.1, -0.05) is 29.3 Å². The fraction of sp³-hybridized carbons (Fsp3) is 0.111. The molecule has 0 atom stereocenters. The average molecular weight is 408 g/mol. The van der Waals surface area contributed by atoms with Gasteiger partial charge in [-0.05, 0) is 50.2 Å². The van der Waals surface area contributed by atoms with E-state index in [2.05, 4.69) is 5.10 Å². The van der Waals surface area contributed by atoms with Crippen LogP contribution in [-0.2, 0) is 10.0 Å². The van der Waals surface area contributed by atoms with Gasteiger partial charge in [0.25, 0.3) is 15.9 Å². The topological polar surface area (TPSA) is 81.1 Å². The first kappa shape index (κ1) is 19.1. The van der Waals surface area contributed by atoms with Crippen LogP contribution in [0.2, 0.25) is 5.15 Å². The van der Waals surface area contributed by atoms with E-state index >= 15 is 0 Å². The van der Waals surface area contributed by atoms with E-state index in [9.17, 15) is 17.6 Å². The monoisotopic (exact) mass is 407 g/mol. The van der Waals surface area contributed by atoms with Gasteiger partial charge in [0, 0.05) is 0 Å². The first-order chi connectivity index (χ1) is 12.7. The van der Waals surface area contributed by atoms with Crippen molar-refractivity contribution >= 4 is 27.5 Å². The fourth-order valence-electron chi connectivity index (χ4n) is 2.46. The zero-order valence-corrected chi connectivity index (χ0v) is 16.0. The molecule has 0 spiro atoms. The van der Waals surface area contributed by atoms with Crippen molar-refractivity contribution < 1.29 is 17.6 Å². The molecular weight excluding hydrogens is 393 g/mol. The van der Waals surface area contributed by atoms with Crippen molar-refractivity contribution in [1.29, 1.82) is 0 Å². The van der Waals surface area contributed by atoms with Crippen LogP contribution in [-0.4, -0.2) is 24.1 Å². The smallest absolute Gasteiger partial charge is 0.268 e. The Kier molecular flexibility index (Phi) is 5.03. The van der Waals surface area contributed by atoms with Gasteiger partial charge in [0.2, 0.25) is 0 Å². The Labute approximate surface area is 160 Å². The molecule has 0 radical (unpaired) electrons. The number of carbonyl (C=O) groups is 1. The van der Waals surface area contributed by atoms with Gasteiger partial charge in [0.05, 0.1) is 16.3 Å². The van der Waals surface area contributed by atoms with E-state index in [-0.39, 0.29) is 21.3 Å². The molecule has 0 fully saturated rings. The van der Waals surface area contributed by atoms with Crippen molar-refractivity contribution in [3.63, 3.8) is 0 Å². The molecule has 2 aromatic carbocycles. The third kappa shape index (κ3) is 3.86. The molecule has 3 rings (SSSR count). The van der Waals surface area contributed by atoms with Crippen LogP contribution >= 0.6 is 11.6 Å². The Morgan fingerprint density at radius 3 is 2.26 bits per heavy atom. The van der Waals surface area contributed by atoms with Crippen LogP contribution in [0.3, 0.4) is 0 Å². The van der Waals surface area contributed by atoms with Crippen molar-refractivity contribution in [1.82, 2.24) is 14.5 Å². The summed E-state index contributed by atoms with van der Waals surface area (Å²) in [5, 5.41) is 4.08. The molecule has 1 aromatic heterocycles. The highest BCUT2D eigenvalue weighted by molar-refractivity contribution is 7.90. The first-order valence-electron chi connectivity index (χ1n) is 7.84. The van der Waals surface area contributed by atoms with Crippen molar-refractivity contribution in [3.8, 4) is 5.69 Å². The fourth-order valence-corrected chi connectivity index (χ4v) is 3.78. The lowest BCUT2D eigenvalue weighted by Crippen LogP contribution is -2.31. The molecule has 3 aromatic rings. The summed E-state index contributed by atoms with van der Waals surface area (Å²) < 4.78 is 41.2. The van der Waals surface area contributed by atoms with Gasteiger partial charge in [0.15, 0.2) is 0 Å². The molecule has 1 heterocycles. The van der Waals surface area contributed by atoms with E-state index in [1.165, 1.54) is 48.0 Å². The van der Waals surface area contributed by atoms with E-state index in [0.29, 0.717) is 5.69 Å². The number of aromatic nitrogens is 2. The average Bonchev–Trinajstić information content (AvgIpc) is 2.90. The number of hydrogen-bond acceptors (Lipinski definition) is 4. The molecule has 0 aliphatic carbocycles. The summed E-state index contributed by atoms with van der Waals surface area (Å²) in [6.07, 6.45) is 0. The van der Waals surface area contributed by atoms with Crippen molar-refractivity contribution in [2.24, 2.45) is 0 Å². The van der Waals surface area contributed by atoms with Crippen molar-refractivity contribution in [3.05, 3.63) is 76.3 Å². The lowest BCUT2D eigenvalue weighted by molar-refractivity contribution is 0.0981. The second-order valence-electron chi connectivity index (χ2n) is 5.89. The first-order valence-corrected chi connectivity index (χ1v) is 9.70. The number of carbonyl (C=O) groups excluding carboxylic acids is 1. The van der Waals surface area contributed by atoms with Gasteiger partial charge in [-0.15, -0.1) is 0 Å². The molecule has 0 aliphatic rings. The van der Waals surface area contributed by atoms with Crippen LogP contribution in [0.4, 0.5) is 4.39 Å². The number of halogens is 2. The van der Waals surface area contributed by atoms with Crippen LogP contribution in [0.15, 0.2) is 53.4 Å². The summed E-state index contributed by atoms with van der Waals surface area (Å²) in [5.41, 5.74) is 1.49. The standard InChI is InChI=1S/C18H15ClFN3O3S/c1-11-3-9-15(10-4-11)27(25,26)22-18(24)16-12(2)21-23(17(16)19)14-7-5-13(20)6-8-14/h3-10H,1-2H3,(H,22,24). The van der Waals surface area contributed by atoms with E-state index in [1.807, 2.05) is 11.6 Å². The van der Waals surface area contributed by atoms with Gasteiger partial charge in [-0.2, -0.15) is 5.10 Å². The number of amides is 1. The Morgan fingerprint density at radius 2 is 1.67 bits per heavy atom. The second-order valence-corrected chi connectivity index (χ2v) is 7.93. The van der Waals surface area contributed by atoms with Crippen molar-refractivity contribution in [2.75, 3.05) is 0 Å². The van der Waals surface area contributed by atoms with Crippen molar-refractivity contribution in [2.45, 2.75) is 18.7 Å². The van der Waals surface area contributed by atoms with Crippen LogP contribution in [0.1, 0.15) is 21.6 Å². The summed E-state index contributed by atoms with van der Waals surface area (Å²) in [7, 11) is -4.06. The van der Waals surface area contributed by atoms with Gasteiger partial charge in [0.1, 0.15) is 16.5 Å². The molecule has 9 heteroatoms. The third-order valence-electron chi connectivity index (χ3n) is 3.86. The normalized spacial score (nSPS) is 11.4. The highest BCUT2D eigenvalue weighted by Crippen LogP contribution is 2.24. The minimum atomic E-state index is -4.06. The lowest BCUT2D eigenvalue weighted by Gasteiger charge is -2.07. The van der Waals surface area contributed by atoms with Crippen LogP contribution in [0, 0.1) is 19.7 Å². The number of nitrogens with zero attached hydrogens (tertiary/aromatic N) is 2. The molecule has 6 nitrogen and oxygen atoms in total. The summed E-state index contributed by atoms with van der Waals surface area (Å²) in [5.74, 6) is -1.33. The zero-order valence-electron chi connectivity index (χ0n) is 14.4. The van der Waals surface area contributed by atoms with Crippen LogP contribution in [0.5, 0.6) is 0 Å². The molecule has 1 amide bonds. The Balaban J connectivity index is 1.93. The van der Waals surface area contributed by atoms with Gasteiger partial charge >= 0.3 is 0 Å². The molecule has 0 saturated carbocycles. The molecule has 0 aliphatic heterocycles. The van der Waals surface area contributed by atoms with E-state index in [4.69, 9.17) is 11.6 Å².